The molecule has 8 rings (SSSR count). The molecule has 11 nitrogen and oxygen atoms in total. The minimum absolute atomic E-state index is 0.0280. The van der Waals surface area contributed by atoms with Gasteiger partial charge in [-0.05, 0) is 74.1 Å². The van der Waals surface area contributed by atoms with Crippen LogP contribution < -0.4 is 15.1 Å². The van der Waals surface area contributed by atoms with E-state index in [9.17, 15) is 9.59 Å². The van der Waals surface area contributed by atoms with Gasteiger partial charge in [0.25, 0.3) is 0 Å². The summed E-state index contributed by atoms with van der Waals surface area (Å²) in [6.07, 6.45) is 9.22. The maximum atomic E-state index is 12.9. The molecule has 1 aromatic carbocycles. The van der Waals surface area contributed by atoms with Gasteiger partial charge >= 0.3 is 6.03 Å². The summed E-state index contributed by atoms with van der Waals surface area (Å²) in [5.41, 5.74) is 8.43. The zero-order valence-corrected chi connectivity index (χ0v) is 25.9. The van der Waals surface area contributed by atoms with Gasteiger partial charge in [-0.1, -0.05) is 0 Å². The summed E-state index contributed by atoms with van der Waals surface area (Å²) in [5.74, 6) is 1.77. The number of likely N-dealkylation sites (N-methyl/N-ethyl adjacent to an activating group) is 1. The molecule has 4 aromatic heterocycles. The number of pyridine rings is 2. The standard InChI is InChI=1S/C34H35N9O2/c1-19-9-10-35-32(37-19)26-13-25(26)28-14-29(40(2)3)24-8-7-22(12-27(24)39-28)36-15-23-17-42-16-21(20-5-6-20)11-30(33(42)38-23)43-18-31(44)41(4)34(43)45/h7-12,14,16-17,20,25-26,36H,5-6,13,15,18H2,1-4H3/t25-,26-/m0/s1. The molecule has 0 unspecified atom stereocenters. The molecule has 45 heavy (non-hydrogen) atoms. The molecule has 5 heterocycles. The maximum Gasteiger partial charge on any atom is 0.331 e. The number of benzene rings is 1. The first-order valence-electron chi connectivity index (χ1n) is 15.5. The molecule has 2 atom stereocenters. The monoisotopic (exact) mass is 601 g/mol. The highest BCUT2D eigenvalue weighted by atomic mass is 16.2. The van der Waals surface area contributed by atoms with Gasteiger partial charge in [0.05, 0.1) is 23.4 Å². The van der Waals surface area contributed by atoms with Crippen LogP contribution in [-0.2, 0) is 11.3 Å². The largest absolute Gasteiger partial charge is 0.379 e. The number of urea groups is 1. The Hall–Kier alpha value is -5.06. The molecule has 0 spiro atoms. The number of rotatable bonds is 8. The molecule has 1 aliphatic heterocycles. The fourth-order valence-electron chi connectivity index (χ4n) is 6.41. The van der Waals surface area contributed by atoms with Crippen molar-refractivity contribution in [1.29, 1.82) is 0 Å². The minimum atomic E-state index is -0.318. The number of imidazole rings is 1. The van der Waals surface area contributed by atoms with Crippen molar-refractivity contribution < 1.29 is 9.59 Å². The predicted octanol–water partition coefficient (Wildman–Crippen LogP) is 5.21. The van der Waals surface area contributed by atoms with E-state index in [4.69, 9.17) is 9.97 Å². The van der Waals surface area contributed by atoms with Gasteiger partial charge in [0, 0.05) is 79.7 Å². The topological polar surface area (TPSA) is 112 Å². The normalized spacial score (nSPS) is 19.6. The molecule has 228 valence electrons. The summed E-state index contributed by atoms with van der Waals surface area (Å²) in [7, 11) is 5.65. The zero-order valence-electron chi connectivity index (χ0n) is 25.9. The van der Waals surface area contributed by atoms with Crippen molar-refractivity contribution in [1.82, 2.24) is 29.2 Å². The number of nitrogens with one attached hydrogen (secondary N) is 1. The van der Waals surface area contributed by atoms with Gasteiger partial charge in [-0.15, -0.1) is 0 Å². The van der Waals surface area contributed by atoms with E-state index in [1.807, 2.05) is 35.9 Å². The summed E-state index contributed by atoms with van der Waals surface area (Å²) in [4.78, 5) is 49.3. The van der Waals surface area contributed by atoms with Crippen molar-refractivity contribution in [3.8, 4) is 0 Å². The van der Waals surface area contributed by atoms with E-state index in [1.165, 1.54) is 22.4 Å². The molecule has 0 radical (unpaired) electrons. The Kier molecular flexibility index (Phi) is 6.26. The highest BCUT2D eigenvalue weighted by Gasteiger charge is 2.43. The van der Waals surface area contributed by atoms with Gasteiger partial charge in [-0.2, -0.15) is 0 Å². The van der Waals surface area contributed by atoms with E-state index in [1.54, 1.807) is 0 Å². The average Bonchev–Trinajstić information content (AvgIpc) is 3.96. The Morgan fingerprint density at radius 1 is 1.00 bits per heavy atom. The van der Waals surface area contributed by atoms with E-state index in [0.29, 0.717) is 35.6 Å². The van der Waals surface area contributed by atoms with Crippen LogP contribution in [0.2, 0.25) is 0 Å². The number of carbonyl (C=O) groups is 2. The molecule has 0 bridgehead atoms. The number of carbonyl (C=O) groups excluding carboxylic acids is 2. The van der Waals surface area contributed by atoms with Gasteiger partial charge in [-0.25, -0.2) is 19.7 Å². The lowest BCUT2D eigenvalue weighted by Gasteiger charge is -2.18. The SMILES string of the molecule is Cc1ccnc([C@H]2C[C@@H]2c2cc(N(C)C)c3ccc(NCc4cn5cc(C6CC6)cc(N6CC(=O)N(C)C6=O)c5n4)cc3n2)n1. The summed E-state index contributed by atoms with van der Waals surface area (Å²) >= 11 is 0. The fraction of sp³-hybridized carbons (Fsp3) is 0.353. The van der Waals surface area contributed by atoms with Crippen molar-refractivity contribution in [2.75, 3.05) is 42.8 Å². The van der Waals surface area contributed by atoms with Crippen LogP contribution in [0.25, 0.3) is 16.6 Å². The van der Waals surface area contributed by atoms with Crippen LogP contribution in [-0.4, -0.2) is 68.9 Å². The Morgan fingerprint density at radius 3 is 2.58 bits per heavy atom. The highest BCUT2D eigenvalue weighted by molar-refractivity contribution is 6.13. The fourth-order valence-corrected chi connectivity index (χ4v) is 6.41. The molecule has 3 amide bonds. The number of amides is 3. The number of aromatic nitrogens is 5. The molecule has 3 aliphatic rings. The third kappa shape index (κ3) is 4.92. The predicted molar refractivity (Wildman–Crippen MR) is 173 cm³/mol. The van der Waals surface area contributed by atoms with Crippen molar-refractivity contribution in [2.24, 2.45) is 0 Å². The molecule has 11 heteroatoms. The third-order valence-corrected chi connectivity index (χ3v) is 9.21. The zero-order chi connectivity index (χ0) is 31.0. The lowest BCUT2D eigenvalue weighted by atomic mass is 10.1. The first-order chi connectivity index (χ1) is 21.7. The smallest absolute Gasteiger partial charge is 0.331 e. The van der Waals surface area contributed by atoms with Gasteiger partial charge < -0.3 is 14.6 Å². The lowest BCUT2D eigenvalue weighted by molar-refractivity contribution is -0.123. The van der Waals surface area contributed by atoms with Crippen molar-refractivity contribution in [3.63, 3.8) is 0 Å². The Morgan fingerprint density at radius 2 is 1.84 bits per heavy atom. The van der Waals surface area contributed by atoms with Crippen LogP contribution >= 0.6 is 0 Å². The van der Waals surface area contributed by atoms with E-state index < -0.39 is 0 Å². The lowest BCUT2D eigenvalue weighted by Crippen LogP contribution is -2.30. The van der Waals surface area contributed by atoms with Gasteiger partial charge in [0.1, 0.15) is 12.4 Å². The molecule has 3 fully saturated rings. The number of anilines is 3. The Bertz CT molecular complexity index is 2010. The molecular weight excluding hydrogens is 566 g/mol. The van der Waals surface area contributed by atoms with E-state index >= 15 is 0 Å². The first-order valence-corrected chi connectivity index (χ1v) is 15.5. The molecule has 2 saturated carbocycles. The highest BCUT2D eigenvalue weighted by Crippen LogP contribution is 2.53. The summed E-state index contributed by atoms with van der Waals surface area (Å²) in [5, 5.41) is 4.63. The number of hydrogen-bond acceptors (Lipinski definition) is 8. The molecule has 5 aromatic rings. The van der Waals surface area contributed by atoms with Crippen LogP contribution in [0, 0.1) is 6.92 Å². The second-order valence-corrected chi connectivity index (χ2v) is 12.8. The second kappa shape index (κ2) is 10.3. The van der Waals surface area contributed by atoms with Crippen molar-refractivity contribution in [2.45, 2.75) is 50.5 Å². The van der Waals surface area contributed by atoms with Crippen molar-refractivity contribution >= 4 is 45.6 Å². The number of imide groups is 1. The average molecular weight is 602 g/mol. The third-order valence-electron chi connectivity index (χ3n) is 9.21. The van der Waals surface area contributed by atoms with Crippen LogP contribution in [0.4, 0.5) is 21.9 Å². The Labute approximate surface area is 260 Å². The number of hydrogen-bond donors (Lipinski definition) is 1. The van der Waals surface area contributed by atoms with E-state index in [2.05, 4.69) is 64.7 Å². The van der Waals surface area contributed by atoms with Gasteiger partial charge in [-0.3, -0.25) is 19.6 Å². The van der Waals surface area contributed by atoms with Crippen LogP contribution in [0.15, 0.2) is 55.0 Å². The van der Waals surface area contributed by atoms with Crippen LogP contribution in [0.3, 0.4) is 0 Å². The first kappa shape index (κ1) is 27.5. The summed E-state index contributed by atoms with van der Waals surface area (Å²) in [6.45, 7) is 2.52. The van der Waals surface area contributed by atoms with Gasteiger partial charge in [0.2, 0.25) is 5.91 Å². The van der Waals surface area contributed by atoms with E-state index in [-0.39, 0.29) is 18.5 Å². The minimum Gasteiger partial charge on any atom is -0.379 e. The Balaban J connectivity index is 1.08. The van der Waals surface area contributed by atoms with E-state index in [0.717, 1.165) is 64.4 Å². The second-order valence-electron chi connectivity index (χ2n) is 12.8. The van der Waals surface area contributed by atoms with Crippen LogP contribution in [0.5, 0.6) is 0 Å². The molecular formula is C34H35N9O2. The molecule has 1 saturated heterocycles. The number of fused-ring (bicyclic) bond motifs is 2. The van der Waals surface area contributed by atoms with Crippen LogP contribution in [0.1, 0.15) is 65.5 Å². The molecule has 2 aliphatic carbocycles. The quantitative estimate of drug-likeness (QED) is 0.242. The maximum absolute atomic E-state index is 12.9. The molecule has 1 N–H and O–H groups in total. The van der Waals surface area contributed by atoms with Gasteiger partial charge in [0.15, 0.2) is 5.65 Å². The summed E-state index contributed by atoms with van der Waals surface area (Å²) in [6, 6.07) is 12.1. The number of aryl methyl sites for hydroxylation is 1. The number of nitrogens with zero attached hydrogens (tertiary/aromatic N) is 8. The van der Waals surface area contributed by atoms with Crippen molar-refractivity contribution in [3.05, 3.63) is 83.5 Å². The summed E-state index contributed by atoms with van der Waals surface area (Å²) < 4.78 is 2.00.